The highest BCUT2D eigenvalue weighted by Gasteiger charge is 2.46. The van der Waals surface area contributed by atoms with Gasteiger partial charge < -0.3 is 23.8 Å². The van der Waals surface area contributed by atoms with Crippen molar-refractivity contribution < 1.29 is 32.2 Å². The lowest BCUT2D eigenvalue weighted by molar-refractivity contribution is -0.141. The van der Waals surface area contributed by atoms with E-state index in [0.717, 1.165) is 25.2 Å². The number of carbonyl (C=O) groups is 1. The van der Waals surface area contributed by atoms with E-state index < -0.39 is 26.9 Å². The number of allylic oxidation sites excluding steroid dienone is 2. The van der Waals surface area contributed by atoms with E-state index in [2.05, 4.69) is 4.90 Å². The van der Waals surface area contributed by atoms with Gasteiger partial charge in [-0.15, -0.1) is 0 Å². The van der Waals surface area contributed by atoms with Gasteiger partial charge in [0.1, 0.15) is 17.6 Å². The zero-order valence-electron chi connectivity index (χ0n) is 22.6. The van der Waals surface area contributed by atoms with Crippen LogP contribution in [0.3, 0.4) is 0 Å². The van der Waals surface area contributed by atoms with Crippen LogP contribution in [0.1, 0.15) is 27.7 Å². The fraction of sp³-hybridized carbons (Fsp3) is 0.800. The van der Waals surface area contributed by atoms with Crippen molar-refractivity contribution in [3.63, 3.8) is 0 Å². The highest BCUT2D eigenvalue weighted by molar-refractivity contribution is 7.90. The number of ether oxygens (including phenoxy) is 4. The van der Waals surface area contributed by atoms with Crippen LogP contribution in [-0.4, -0.2) is 125 Å². The molecular formula is C25H43N3O7S. The van der Waals surface area contributed by atoms with Gasteiger partial charge in [-0.3, -0.25) is 9.69 Å². The van der Waals surface area contributed by atoms with Crippen molar-refractivity contribution in [2.45, 2.75) is 44.6 Å². The maximum atomic E-state index is 13.9. The number of nitrogens with zero attached hydrogens (tertiary/aromatic N) is 3. The zero-order valence-corrected chi connectivity index (χ0v) is 23.4. The summed E-state index contributed by atoms with van der Waals surface area (Å²) in [5.74, 6) is 0.350. The predicted octanol–water partition coefficient (Wildman–Crippen LogP) is 1.10. The van der Waals surface area contributed by atoms with E-state index in [1.54, 1.807) is 25.2 Å². The molecule has 2 fully saturated rings. The van der Waals surface area contributed by atoms with Gasteiger partial charge in [0.2, 0.25) is 15.9 Å². The van der Waals surface area contributed by atoms with E-state index in [1.165, 1.54) is 4.31 Å². The lowest BCUT2D eigenvalue weighted by atomic mass is 9.95. The molecule has 2 saturated heterocycles. The molecule has 36 heavy (non-hydrogen) atoms. The molecule has 2 aliphatic heterocycles. The Kier molecular flexibility index (Phi) is 9.98. The fourth-order valence-electron chi connectivity index (χ4n) is 5.09. The van der Waals surface area contributed by atoms with Crippen molar-refractivity contribution >= 4 is 15.9 Å². The Hall–Kier alpha value is -1.50. The van der Waals surface area contributed by atoms with Gasteiger partial charge >= 0.3 is 0 Å². The maximum absolute atomic E-state index is 13.9. The standard InChI is InChI=1S/C25H43N3O7S/c1-19-13-22(33-6)14-20(2)24(19)36(30,31)28-18-25(3,4)35-16-21(28)15-34-17-23(29)27-9-7-26(8-10-27)11-12-32-5/h13-14,19,21,24H,7-12,15-18H2,1-6H3/t19?,21-,24?/m1/s1. The number of sulfonamides is 1. The minimum Gasteiger partial charge on any atom is -0.497 e. The number of carbonyl (C=O) groups excluding carboxylic acids is 1. The van der Waals surface area contributed by atoms with E-state index in [0.29, 0.717) is 25.5 Å². The van der Waals surface area contributed by atoms with Crippen LogP contribution in [0.15, 0.2) is 23.5 Å². The number of methoxy groups -OCH3 is 2. The summed E-state index contributed by atoms with van der Waals surface area (Å²) in [6, 6.07) is -0.505. The van der Waals surface area contributed by atoms with Crippen molar-refractivity contribution in [3.05, 3.63) is 23.5 Å². The molecule has 11 heteroatoms. The van der Waals surface area contributed by atoms with E-state index >= 15 is 0 Å². The number of rotatable bonds is 10. The first-order chi connectivity index (χ1) is 17.0. The first-order valence-corrected chi connectivity index (χ1v) is 14.1. The normalized spacial score (nSPS) is 27.9. The minimum absolute atomic E-state index is 0.0788. The van der Waals surface area contributed by atoms with E-state index in [9.17, 15) is 13.2 Å². The number of hydrogen-bond acceptors (Lipinski definition) is 8. The second kappa shape index (κ2) is 12.4. The molecule has 0 aromatic carbocycles. The summed E-state index contributed by atoms with van der Waals surface area (Å²) in [6.07, 6.45) is 3.63. The van der Waals surface area contributed by atoms with Crippen molar-refractivity contribution in [1.29, 1.82) is 0 Å². The van der Waals surface area contributed by atoms with E-state index in [4.69, 9.17) is 18.9 Å². The first-order valence-electron chi connectivity index (χ1n) is 12.6. The van der Waals surface area contributed by atoms with Crippen LogP contribution in [-0.2, 0) is 33.8 Å². The number of morpholine rings is 1. The Morgan fingerprint density at radius 2 is 1.89 bits per heavy atom. The molecule has 10 nitrogen and oxygen atoms in total. The predicted molar refractivity (Wildman–Crippen MR) is 137 cm³/mol. The van der Waals surface area contributed by atoms with Crippen LogP contribution in [0.5, 0.6) is 0 Å². The molecular weight excluding hydrogens is 486 g/mol. The number of piperazine rings is 1. The average molecular weight is 530 g/mol. The third-order valence-electron chi connectivity index (χ3n) is 7.09. The van der Waals surface area contributed by atoms with Crippen molar-refractivity contribution in [3.8, 4) is 0 Å². The molecule has 0 bridgehead atoms. The van der Waals surface area contributed by atoms with Crippen LogP contribution in [0, 0.1) is 5.92 Å². The molecule has 0 N–H and O–H groups in total. The van der Waals surface area contributed by atoms with Gasteiger partial charge in [-0.2, -0.15) is 4.31 Å². The third-order valence-corrected chi connectivity index (χ3v) is 9.61. The van der Waals surface area contributed by atoms with Crippen LogP contribution >= 0.6 is 0 Å². The summed E-state index contributed by atoms with van der Waals surface area (Å²) in [4.78, 5) is 16.8. The fourth-order valence-corrected chi connectivity index (χ4v) is 7.57. The van der Waals surface area contributed by atoms with Crippen molar-refractivity contribution in [2.75, 3.05) is 79.9 Å². The second-order valence-corrected chi connectivity index (χ2v) is 12.5. The van der Waals surface area contributed by atoms with Gasteiger partial charge in [0.05, 0.1) is 38.6 Å². The topological polar surface area (TPSA) is 97.9 Å². The van der Waals surface area contributed by atoms with Crippen molar-refractivity contribution in [2.24, 2.45) is 5.92 Å². The second-order valence-electron chi connectivity index (χ2n) is 10.5. The summed E-state index contributed by atoms with van der Waals surface area (Å²) < 4.78 is 51.6. The molecule has 1 amide bonds. The molecule has 0 saturated carbocycles. The maximum Gasteiger partial charge on any atom is 0.248 e. The Labute approximate surface area is 216 Å². The SMILES string of the molecule is COCCN1CCN(C(=O)COC[C@@H]2COC(C)(C)CN2S(=O)(=O)C2C(C)=CC(OC)=CC2C)CC1. The molecule has 3 rings (SSSR count). The largest absolute Gasteiger partial charge is 0.497 e. The Balaban J connectivity index is 1.61. The van der Waals surface area contributed by atoms with Gasteiger partial charge in [0, 0.05) is 46.4 Å². The quantitative estimate of drug-likeness (QED) is 0.415. The molecule has 0 spiro atoms. The number of amides is 1. The Bertz CT molecular complexity index is 926. The lowest BCUT2D eigenvalue weighted by Gasteiger charge is -2.44. The summed E-state index contributed by atoms with van der Waals surface area (Å²) in [7, 11) is -0.461. The Morgan fingerprint density at radius 3 is 2.50 bits per heavy atom. The highest BCUT2D eigenvalue weighted by atomic mass is 32.2. The van der Waals surface area contributed by atoms with E-state index in [-0.39, 0.29) is 38.2 Å². The summed E-state index contributed by atoms with van der Waals surface area (Å²) in [6.45, 7) is 12.4. The van der Waals surface area contributed by atoms with Gasteiger partial charge in [0.15, 0.2) is 0 Å². The molecule has 3 atom stereocenters. The Morgan fingerprint density at radius 1 is 1.19 bits per heavy atom. The minimum atomic E-state index is -3.73. The summed E-state index contributed by atoms with van der Waals surface area (Å²) in [5.41, 5.74) is 0.121. The molecule has 1 aliphatic carbocycles. The van der Waals surface area contributed by atoms with Crippen molar-refractivity contribution in [1.82, 2.24) is 14.1 Å². The molecule has 3 aliphatic rings. The smallest absolute Gasteiger partial charge is 0.248 e. The average Bonchev–Trinajstić information content (AvgIpc) is 2.82. The zero-order chi connectivity index (χ0) is 26.5. The van der Waals surface area contributed by atoms with Crippen LogP contribution in [0.25, 0.3) is 0 Å². The molecule has 0 aromatic rings. The van der Waals surface area contributed by atoms with Gasteiger partial charge in [-0.1, -0.05) is 6.92 Å². The highest BCUT2D eigenvalue weighted by Crippen LogP contribution is 2.34. The lowest BCUT2D eigenvalue weighted by Crippen LogP contribution is -2.60. The monoisotopic (exact) mass is 529 g/mol. The van der Waals surface area contributed by atoms with Crippen LogP contribution in [0.2, 0.25) is 0 Å². The molecule has 2 heterocycles. The van der Waals surface area contributed by atoms with Crippen LogP contribution < -0.4 is 0 Å². The molecule has 0 aromatic heterocycles. The van der Waals surface area contributed by atoms with Gasteiger partial charge in [-0.25, -0.2) is 8.42 Å². The number of hydrogen-bond donors (Lipinski definition) is 0. The molecule has 0 radical (unpaired) electrons. The van der Waals surface area contributed by atoms with Crippen LogP contribution in [0.4, 0.5) is 0 Å². The first kappa shape index (κ1) is 29.1. The van der Waals surface area contributed by atoms with E-state index in [1.807, 2.05) is 33.8 Å². The summed E-state index contributed by atoms with van der Waals surface area (Å²) in [5, 5.41) is -0.691. The van der Waals surface area contributed by atoms with Gasteiger partial charge in [0.25, 0.3) is 0 Å². The summed E-state index contributed by atoms with van der Waals surface area (Å²) >= 11 is 0. The van der Waals surface area contributed by atoms with Gasteiger partial charge in [-0.05, 0) is 44.4 Å². The molecule has 2 unspecified atom stereocenters. The third kappa shape index (κ3) is 7.08. The molecule has 206 valence electrons.